The van der Waals surface area contributed by atoms with Crippen molar-refractivity contribution >= 4 is 45.7 Å². The van der Waals surface area contributed by atoms with E-state index in [-0.39, 0.29) is 35.7 Å². The molecule has 6 nitrogen and oxygen atoms in total. The Labute approximate surface area is 184 Å². The van der Waals surface area contributed by atoms with E-state index in [1.54, 1.807) is 17.8 Å². The lowest BCUT2D eigenvalue weighted by atomic mass is 10.2. The van der Waals surface area contributed by atoms with Gasteiger partial charge in [-0.25, -0.2) is 21.6 Å². The maximum Gasteiger partial charge on any atom is 0.266 e. The van der Waals surface area contributed by atoms with Gasteiger partial charge in [-0.1, -0.05) is 0 Å². The Bertz CT molecular complexity index is 1190. The van der Waals surface area contributed by atoms with Gasteiger partial charge in [0, 0.05) is 24.7 Å². The zero-order valence-electron chi connectivity index (χ0n) is 16.6. The molecule has 0 spiro atoms. The van der Waals surface area contributed by atoms with Crippen LogP contribution in [0.15, 0.2) is 41.3 Å². The molecule has 3 aromatic rings. The van der Waals surface area contributed by atoms with Crippen LogP contribution in [0.25, 0.3) is 10.9 Å². The van der Waals surface area contributed by atoms with Gasteiger partial charge in [-0.3, -0.25) is 4.68 Å². The predicted molar refractivity (Wildman–Crippen MR) is 117 cm³/mol. The van der Waals surface area contributed by atoms with Gasteiger partial charge in [0.25, 0.3) is 6.43 Å². The second kappa shape index (κ2) is 9.09. The molecule has 4 rings (SSSR count). The number of sulfone groups is 1. The van der Waals surface area contributed by atoms with Gasteiger partial charge in [0.15, 0.2) is 15.7 Å². The highest BCUT2D eigenvalue weighted by molar-refractivity contribution is 7.91. The van der Waals surface area contributed by atoms with E-state index in [2.05, 4.69) is 10.4 Å². The van der Waals surface area contributed by atoms with Gasteiger partial charge in [-0.05, 0) is 48.7 Å². The Hall–Kier alpha value is -2.24. The molecule has 0 saturated carbocycles. The number of nitrogens with one attached hydrogen (secondary N) is 1. The van der Waals surface area contributed by atoms with Crippen molar-refractivity contribution in [1.82, 2.24) is 9.78 Å². The van der Waals surface area contributed by atoms with Crippen molar-refractivity contribution in [1.29, 1.82) is 0 Å². The highest BCUT2D eigenvalue weighted by Gasteiger charge is 2.25. The molecule has 1 fully saturated rings. The van der Waals surface area contributed by atoms with Crippen LogP contribution >= 0.6 is 13.5 Å². The molecule has 1 saturated heterocycles. The van der Waals surface area contributed by atoms with Crippen LogP contribution in [0.1, 0.15) is 18.4 Å². The summed E-state index contributed by atoms with van der Waals surface area (Å²) < 4.78 is 72.0. The molecule has 1 atom stereocenters. The number of anilines is 2. The zero-order valence-corrected chi connectivity index (χ0v) is 18.4. The number of hydrogen-bond donors (Lipinski definition) is 1. The van der Waals surface area contributed by atoms with E-state index in [1.165, 1.54) is 18.2 Å². The summed E-state index contributed by atoms with van der Waals surface area (Å²) in [6.07, 6.45) is -2.25. The number of rotatable bonds is 6. The first-order valence-corrected chi connectivity index (χ1v) is 11.0. The summed E-state index contributed by atoms with van der Waals surface area (Å²) in [4.78, 5) is 0.158. The minimum atomic E-state index is -3.53. The Morgan fingerprint density at radius 1 is 1.26 bits per heavy atom. The SMILES string of the molecule is Cn1nc(Nc2ccc(F)c(C(F)F)c2)c2cc(S(=O)(=O)C[C@H]3CCOC3)ccc21.S. The molecule has 31 heavy (non-hydrogen) atoms. The fourth-order valence-corrected chi connectivity index (χ4v) is 5.23. The number of ether oxygens (including phenoxy) is 1. The Balaban J connectivity index is 0.00000272. The molecule has 1 aliphatic rings. The smallest absolute Gasteiger partial charge is 0.266 e. The maximum atomic E-state index is 13.6. The largest absolute Gasteiger partial charge is 0.381 e. The third kappa shape index (κ3) is 4.83. The van der Waals surface area contributed by atoms with Gasteiger partial charge >= 0.3 is 0 Å². The molecular weight excluding hydrogens is 451 g/mol. The summed E-state index contributed by atoms with van der Waals surface area (Å²) in [6.45, 7) is 0.992. The summed E-state index contributed by atoms with van der Waals surface area (Å²) in [5, 5.41) is 7.73. The molecule has 11 heteroatoms. The number of aryl methyl sites for hydroxylation is 1. The molecule has 0 aliphatic carbocycles. The van der Waals surface area contributed by atoms with Gasteiger partial charge in [0.2, 0.25) is 0 Å². The van der Waals surface area contributed by atoms with Crippen LogP contribution in [0, 0.1) is 11.7 Å². The van der Waals surface area contributed by atoms with E-state index in [9.17, 15) is 21.6 Å². The van der Waals surface area contributed by atoms with Crippen molar-refractivity contribution in [3.8, 4) is 0 Å². The van der Waals surface area contributed by atoms with E-state index in [1.807, 2.05) is 0 Å². The minimum Gasteiger partial charge on any atom is -0.381 e. The third-order valence-corrected chi connectivity index (χ3v) is 7.04. The lowest BCUT2D eigenvalue weighted by Crippen LogP contribution is -2.16. The highest BCUT2D eigenvalue weighted by atomic mass is 32.2. The first-order chi connectivity index (χ1) is 14.2. The van der Waals surface area contributed by atoms with Crippen LogP contribution in [0.5, 0.6) is 0 Å². The first kappa shape index (κ1) is 23.4. The lowest BCUT2D eigenvalue weighted by Gasteiger charge is -2.10. The molecule has 0 radical (unpaired) electrons. The standard InChI is InChI=1S/C20H20F3N3O3S.H2S/c1-26-18-5-3-14(30(27,28)11-12-6-7-29-10-12)9-16(18)20(25-26)24-13-2-4-17(21)15(8-13)19(22)23;/h2-5,8-9,12,19H,6-7,10-11H2,1H3,(H,24,25);1H2/t12-;/m0./s1. The topological polar surface area (TPSA) is 73.2 Å². The first-order valence-electron chi connectivity index (χ1n) is 9.36. The fraction of sp³-hybridized carbons (Fsp3) is 0.350. The van der Waals surface area contributed by atoms with E-state index >= 15 is 0 Å². The van der Waals surface area contributed by atoms with E-state index in [0.29, 0.717) is 36.4 Å². The van der Waals surface area contributed by atoms with Crippen LogP contribution in [0.3, 0.4) is 0 Å². The summed E-state index contributed by atoms with van der Waals surface area (Å²) in [6, 6.07) is 8.00. The van der Waals surface area contributed by atoms with Gasteiger partial charge in [0.1, 0.15) is 5.82 Å². The maximum absolute atomic E-state index is 13.6. The van der Waals surface area contributed by atoms with Crippen LogP contribution < -0.4 is 5.32 Å². The predicted octanol–water partition coefficient (Wildman–Crippen LogP) is 4.32. The second-order valence-electron chi connectivity index (χ2n) is 7.32. The van der Waals surface area contributed by atoms with Crippen LogP contribution in [-0.4, -0.2) is 37.2 Å². The average Bonchev–Trinajstić information content (AvgIpc) is 3.30. The molecule has 0 bridgehead atoms. The number of alkyl halides is 2. The van der Waals surface area contributed by atoms with Crippen molar-refractivity contribution in [3.63, 3.8) is 0 Å². The number of halogens is 3. The molecule has 1 aliphatic heterocycles. The van der Waals surface area contributed by atoms with Crippen LogP contribution in [0.2, 0.25) is 0 Å². The summed E-state index contributed by atoms with van der Waals surface area (Å²) >= 11 is 0. The van der Waals surface area contributed by atoms with E-state index in [4.69, 9.17) is 4.74 Å². The average molecular weight is 474 g/mol. The molecule has 2 heterocycles. The van der Waals surface area contributed by atoms with Gasteiger partial charge < -0.3 is 10.1 Å². The van der Waals surface area contributed by atoms with E-state index in [0.717, 1.165) is 12.1 Å². The molecule has 0 unspecified atom stereocenters. The molecule has 168 valence electrons. The van der Waals surface area contributed by atoms with Crippen molar-refractivity contribution in [2.24, 2.45) is 13.0 Å². The second-order valence-corrected chi connectivity index (χ2v) is 9.36. The molecule has 0 amide bonds. The highest BCUT2D eigenvalue weighted by Crippen LogP contribution is 2.31. The summed E-state index contributed by atoms with van der Waals surface area (Å²) in [5.74, 6) is -0.743. The van der Waals surface area contributed by atoms with Gasteiger partial charge in [-0.15, -0.1) is 0 Å². The lowest BCUT2D eigenvalue weighted by molar-refractivity contribution is 0.146. The number of benzene rings is 2. The molecular formula is C20H22F3N3O3S2. The minimum absolute atomic E-state index is 0. The normalized spacial score (nSPS) is 16.6. The number of aromatic nitrogens is 2. The molecule has 1 N–H and O–H groups in total. The van der Waals surface area contributed by atoms with Crippen molar-refractivity contribution in [3.05, 3.63) is 47.8 Å². The van der Waals surface area contributed by atoms with Crippen molar-refractivity contribution in [2.45, 2.75) is 17.7 Å². The van der Waals surface area contributed by atoms with Crippen LogP contribution in [0.4, 0.5) is 24.7 Å². The number of fused-ring (bicyclic) bond motifs is 1. The fourth-order valence-electron chi connectivity index (χ4n) is 3.58. The zero-order chi connectivity index (χ0) is 21.5. The quantitative estimate of drug-likeness (QED) is 0.577. The summed E-state index contributed by atoms with van der Waals surface area (Å²) in [7, 11) is -1.85. The van der Waals surface area contributed by atoms with Crippen molar-refractivity contribution in [2.75, 3.05) is 24.3 Å². The Morgan fingerprint density at radius 2 is 2.03 bits per heavy atom. The Morgan fingerprint density at radius 3 is 2.71 bits per heavy atom. The third-order valence-electron chi connectivity index (χ3n) is 5.15. The number of hydrogen-bond acceptors (Lipinski definition) is 5. The molecule has 1 aromatic heterocycles. The summed E-state index contributed by atoms with van der Waals surface area (Å²) in [5.41, 5.74) is 0.169. The monoisotopic (exact) mass is 473 g/mol. The van der Waals surface area contributed by atoms with Crippen LogP contribution in [-0.2, 0) is 21.6 Å². The Kier molecular flexibility index (Phi) is 6.87. The van der Waals surface area contributed by atoms with E-state index < -0.39 is 27.6 Å². The van der Waals surface area contributed by atoms with Gasteiger partial charge in [-0.2, -0.15) is 18.6 Å². The number of nitrogens with zero attached hydrogens (tertiary/aromatic N) is 2. The van der Waals surface area contributed by atoms with Gasteiger partial charge in [0.05, 0.1) is 28.3 Å². The van der Waals surface area contributed by atoms with Crippen molar-refractivity contribution < 1.29 is 26.3 Å². The molecule has 2 aromatic carbocycles.